The van der Waals surface area contributed by atoms with Crippen LogP contribution in [0.2, 0.25) is 0 Å². The van der Waals surface area contributed by atoms with Gasteiger partial charge in [-0.05, 0) is 17.8 Å². The number of rotatable bonds is 8. The van der Waals surface area contributed by atoms with E-state index < -0.39 is 6.10 Å². The Labute approximate surface area is 118 Å². The standard InChI is InChI=1S/C15H32N2O2/c1-6-11(7-2)13(18)10-17-14(19)8-12(16)9-15(3,4)5/h11-13,18H,6-10,16H2,1-5H3,(H,17,19). The van der Waals surface area contributed by atoms with Gasteiger partial charge >= 0.3 is 0 Å². The molecule has 0 aliphatic rings. The van der Waals surface area contributed by atoms with Crippen molar-refractivity contribution in [1.82, 2.24) is 5.32 Å². The van der Waals surface area contributed by atoms with Crippen LogP contribution in [0.4, 0.5) is 0 Å². The summed E-state index contributed by atoms with van der Waals surface area (Å²) in [7, 11) is 0. The van der Waals surface area contributed by atoms with Crippen LogP contribution in [-0.2, 0) is 4.79 Å². The van der Waals surface area contributed by atoms with Crippen molar-refractivity contribution in [3.05, 3.63) is 0 Å². The fourth-order valence-corrected chi connectivity index (χ4v) is 2.39. The van der Waals surface area contributed by atoms with Crippen LogP contribution in [0.25, 0.3) is 0 Å². The smallest absolute Gasteiger partial charge is 0.221 e. The van der Waals surface area contributed by atoms with Crippen molar-refractivity contribution in [3.8, 4) is 0 Å². The zero-order valence-corrected chi connectivity index (χ0v) is 13.2. The Morgan fingerprint density at radius 3 is 2.21 bits per heavy atom. The molecule has 0 aromatic heterocycles. The highest BCUT2D eigenvalue weighted by Gasteiger charge is 2.20. The van der Waals surface area contributed by atoms with Crippen molar-refractivity contribution in [3.63, 3.8) is 0 Å². The first-order valence-electron chi connectivity index (χ1n) is 7.40. The maximum Gasteiger partial charge on any atom is 0.221 e. The number of carbonyl (C=O) groups is 1. The monoisotopic (exact) mass is 272 g/mol. The first kappa shape index (κ1) is 18.4. The van der Waals surface area contributed by atoms with E-state index in [9.17, 15) is 9.90 Å². The maximum absolute atomic E-state index is 11.7. The van der Waals surface area contributed by atoms with Crippen molar-refractivity contribution in [2.45, 2.75) is 72.4 Å². The Hall–Kier alpha value is -0.610. The molecule has 114 valence electrons. The van der Waals surface area contributed by atoms with Crippen molar-refractivity contribution in [2.75, 3.05) is 6.54 Å². The summed E-state index contributed by atoms with van der Waals surface area (Å²) in [6.45, 7) is 10.8. The predicted octanol–water partition coefficient (Wildman–Crippen LogP) is 2.05. The molecular formula is C15H32N2O2. The molecule has 0 aliphatic heterocycles. The minimum atomic E-state index is -0.460. The molecule has 2 atom stereocenters. The number of hydrogen-bond donors (Lipinski definition) is 3. The highest BCUT2D eigenvalue weighted by Crippen LogP contribution is 2.21. The van der Waals surface area contributed by atoms with Crippen molar-refractivity contribution >= 4 is 5.91 Å². The van der Waals surface area contributed by atoms with Gasteiger partial charge in [0.1, 0.15) is 0 Å². The lowest BCUT2D eigenvalue weighted by Crippen LogP contribution is -2.39. The Morgan fingerprint density at radius 2 is 1.79 bits per heavy atom. The van der Waals surface area contributed by atoms with Crippen LogP contribution in [0.3, 0.4) is 0 Å². The first-order chi connectivity index (χ1) is 8.69. The molecule has 0 aliphatic carbocycles. The van der Waals surface area contributed by atoms with E-state index in [0.29, 0.717) is 13.0 Å². The SMILES string of the molecule is CCC(CC)C(O)CNC(=O)CC(N)CC(C)(C)C. The average Bonchev–Trinajstić information content (AvgIpc) is 2.25. The molecule has 4 nitrogen and oxygen atoms in total. The Bertz CT molecular complexity index is 257. The Kier molecular flexibility index (Phi) is 8.26. The van der Waals surface area contributed by atoms with Crippen molar-refractivity contribution in [2.24, 2.45) is 17.1 Å². The molecule has 0 spiro atoms. The van der Waals surface area contributed by atoms with Crippen molar-refractivity contribution < 1.29 is 9.90 Å². The number of amides is 1. The summed E-state index contributed by atoms with van der Waals surface area (Å²) in [5, 5.41) is 12.7. The first-order valence-corrected chi connectivity index (χ1v) is 7.40. The summed E-state index contributed by atoms with van der Waals surface area (Å²) < 4.78 is 0. The second kappa shape index (κ2) is 8.54. The lowest BCUT2D eigenvalue weighted by molar-refractivity contribution is -0.122. The lowest BCUT2D eigenvalue weighted by Gasteiger charge is -2.23. The van der Waals surface area contributed by atoms with Gasteiger partial charge in [0, 0.05) is 19.0 Å². The zero-order chi connectivity index (χ0) is 15.1. The largest absolute Gasteiger partial charge is 0.391 e. The number of nitrogens with one attached hydrogen (secondary N) is 1. The number of hydrogen-bond acceptors (Lipinski definition) is 3. The highest BCUT2D eigenvalue weighted by atomic mass is 16.3. The molecule has 0 bridgehead atoms. The zero-order valence-electron chi connectivity index (χ0n) is 13.2. The van der Waals surface area contributed by atoms with E-state index in [0.717, 1.165) is 19.3 Å². The summed E-state index contributed by atoms with van der Waals surface area (Å²) in [5.74, 6) is 0.185. The van der Waals surface area contributed by atoms with E-state index in [1.54, 1.807) is 0 Å². The molecule has 19 heavy (non-hydrogen) atoms. The molecule has 0 rings (SSSR count). The van der Waals surface area contributed by atoms with Gasteiger partial charge in [-0.2, -0.15) is 0 Å². The van der Waals surface area contributed by atoms with Gasteiger partial charge in [-0.3, -0.25) is 4.79 Å². The van der Waals surface area contributed by atoms with Gasteiger partial charge in [0.15, 0.2) is 0 Å². The van der Waals surface area contributed by atoms with E-state index in [-0.39, 0.29) is 23.3 Å². The van der Waals surface area contributed by atoms with Gasteiger partial charge in [0.25, 0.3) is 0 Å². The Morgan fingerprint density at radius 1 is 1.26 bits per heavy atom. The van der Waals surface area contributed by atoms with Crippen LogP contribution in [0.15, 0.2) is 0 Å². The Balaban J connectivity index is 3.99. The van der Waals surface area contributed by atoms with E-state index in [1.165, 1.54) is 0 Å². The van der Waals surface area contributed by atoms with Crippen LogP contribution >= 0.6 is 0 Å². The van der Waals surface area contributed by atoms with E-state index in [2.05, 4.69) is 39.9 Å². The minimum absolute atomic E-state index is 0.0678. The number of nitrogens with two attached hydrogens (primary N) is 1. The van der Waals surface area contributed by atoms with Gasteiger partial charge in [0.05, 0.1) is 6.10 Å². The van der Waals surface area contributed by atoms with Gasteiger partial charge < -0.3 is 16.2 Å². The topological polar surface area (TPSA) is 75.3 Å². The molecule has 0 aromatic carbocycles. The van der Waals surface area contributed by atoms with Crippen LogP contribution in [0, 0.1) is 11.3 Å². The van der Waals surface area contributed by atoms with Crippen LogP contribution in [0.1, 0.15) is 60.3 Å². The fourth-order valence-electron chi connectivity index (χ4n) is 2.39. The van der Waals surface area contributed by atoms with Crippen LogP contribution < -0.4 is 11.1 Å². The second-order valence-electron chi connectivity index (χ2n) is 6.68. The van der Waals surface area contributed by atoms with Gasteiger partial charge in [-0.1, -0.05) is 47.5 Å². The summed E-state index contributed by atoms with van der Waals surface area (Å²) in [5.41, 5.74) is 6.09. The minimum Gasteiger partial charge on any atom is -0.391 e. The molecule has 0 fully saturated rings. The quantitative estimate of drug-likeness (QED) is 0.633. The summed E-state index contributed by atoms with van der Waals surface area (Å²) in [4.78, 5) is 11.7. The number of aliphatic hydroxyl groups excluding tert-OH is 1. The van der Waals surface area contributed by atoms with E-state index >= 15 is 0 Å². The third-order valence-electron chi connectivity index (χ3n) is 3.42. The molecule has 4 N–H and O–H groups in total. The van der Waals surface area contributed by atoms with Gasteiger partial charge in [0.2, 0.25) is 5.91 Å². The maximum atomic E-state index is 11.7. The molecule has 0 radical (unpaired) electrons. The molecule has 2 unspecified atom stereocenters. The van der Waals surface area contributed by atoms with Gasteiger partial charge in [-0.15, -0.1) is 0 Å². The number of carbonyl (C=O) groups excluding carboxylic acids is 1. The molecule has 0 heterocycles. The lowest BCUT2D eigenvalue weighted by atomic mass is 9.87. The summed E-state index contributed by atoms with van der Waals surface area (Å²) >= 11 is 0. The summed E-state index contributed by atoms with van der Waals surface area (Å²) in [6, 6.07) is -0.120. The third-order valence-corrected chi connectivity index (χ3v) is 3.42. The molecule has 0 saturated carbocycles. The van der Waals surface area contributed by atoms with Gasteiger partial charge in [-0.25, -0.2) is 0 Å². The van der Waals surface area contributed by atoms with E-state index in [4.69, 9.17) is 5.73 Å². The molecule has 4 heteroatoms. The summed E-state index contributed by atoms with van der Waals surface area (Å²) in [6.07, 6.45) is 2.54. The molecule has 0 aromatic rings. The second-order valence-corrected chi connectivity index (χ2v) is 6.68. The predicted molar refractivity (Wildman–Crippen MR) is 79.8 cm³/mol. The van der Waals surface area contributed by atoms with Crippen LogP contribution in [-0.4, -0.2) is 29.7 Å². The molecule has 0 saturated heterocycles. The van der Waals surface area contributed by atoms with Crippen LogP contribution in [0.5, 0.6) is 0 Å². The fraction of sp³-hybridized carbons (Fsp3) is 0.933. The molecule has 1 amide bonds. The average molecular weight is 272 g/mol. The van der Waals surface area contributed by atoms with E-state index in [1.807, 2.05) is 0 Å². The molecular weight excluding hydrogens is 240 g/mol. The number of aliphatic hydroxyl groups is 1. The third kappa shape index (κ3) is 9.00. The normalized spacial score (nSPS) is 15.4. The van der Waals surface area contributed by atoms with Crippen molar-refractivity contribution in [1.29, 1.82) is 0 Å². The highest BCUT2D eigenvalue weighted by molar-refractivity contribution is 5.76.